The summed E-state index contributed by atoms with van der Waals surface area (Å²) in [6.45, 7) is 9.56. The van der Waals surface area contributed by atoms with E-state index in [2.05, 4.69) is 31.1 Å². The summed E-state index contributed by atoms with van der Waals surface area (Å²) in [4.78, 5) is 52.6. The molecule has 11 nitrogen and oxygen atoms in total. The normalized spacial score (nSPS) is 26.2. The molecule has 1 saturated heterocycles. The van der Waals surface area contributed by atoms with Crippen LogP contribution in [0.4, 0.5) is 0 Å². The van der Waals surface area contributed by atoms with E-state index in [-0.39, 0.29) is 23.1 Å². The molecule has 1 aliphatic carbocycles. The molecule has 1 aromatic heterocycles. The number of hydrogen-bond donors (Lipinski definition) is 3. The number of rotatable bonds is 8. The maximum Gasteiger partial charge on any atom is 0.330 e. The van der Waals surface area contributed by atoms with Gasteiger partial charge in [-0.05, 0) is 18.1 Å². The minimum atomic E-state index is -2.50. The third-order valence-corrected chi connectivity index (χ3v) is 12.4. The molecule has 206 valence electrons. The highest BCUT2D eigenvalue weighted by molar-refractivity contribution is 6.74. The van der Waals surface area contributed by atoms with E-state index in [0.29, 0.717) is 11.1 Å². The van der Waals surface area contributed by atoms with Crippen LogP contribution < -0.4 is 16.6 Å². The van der Waals surface area contributed by atoms with Crippen LogP contribution in [0.15, 0.2) is 46.1 Å². The molecule has 4 atom stereocenters. The lowest BCUT2D eigenvalue weighted by molar-refractivity contribution is -0.125. The van der Waals surface area contributed by atoms with Crippen molar-refractivity contribution in [3.05, 3.63) is 68.5 Å². The van der Waals surface area contributed by atoms with E-state index in [1.165, 1.54) is 23.9 Å². The maximum atomic E-state index is 13.0. The first-order chi connectivity index (χ1) is 17.8. The van der Waals surface area contributed by atoms with Crippen molar-refractivity contribution in [2.45, 2.75) is 69.0 Å². The molecule has 1 unspecified atom stereocenters. The Labute approximate surface area is 221 Å². The number of ketones is 2. The Morgan fingerprint density at radius 1 is 1.11 bits per heavy atom. The Kier molecular flexibility index (Phi) is 7.51. The van der Waals surface area contributed by atoms with Gasteiger partial charge in [0.1, 0.15) is 23.9 Å². The van der Waals surface area contributed by atoms with E-state index in [0.717, 1.165) is 0 Å². The molecule has 0 saturated carbocycles. The zero-order chi connectivity index (χ0) is 28.0. The zero-order valence-corrected chi connectivity index (χ0v) is 23.4. The van der Waals surface area contributed by atoms with E-state index < -0.39 is 56.3 Å². The van der Waals surface area contributed by atoms with Crippen LogP contribution in [0.1, 0.15) is 47.7 Å². The van der Waals surface area contributed by atoms with Crippen molar-refractivity contribution in [1.82, 2.24) is 14.9 Å². The van der Waals surface area contributed by atoms with Crippen molar-refractivity contribution in [2.24, 2.45) is 0 Å². The molecule has 2 heterocycles. The number of carbonyl (C=O) groups is 2. The van der Waals surface area contributed by atoms with Crippen molar-refractivity contribution >= 4 is 19.9 Å². The third kappa shape index (κ3) is 4.76. The number of fused-ring (bicyclic) bond motifs is 1. The second kappa shape index (κ2) is 10.1. The number of nitrogens with one attached hydrogen (secondary N) is 2. The van der Waals surface area contributed by atoms with E-state index in [1.807, 2.05) is 13.1 Å². The summed E-state index contributed by atoms with van der Waals surface area (Å²) < 4.78 is 20.1. The molecule has 3 N–H and O–H groups in total. The summed E-state index contributed by atoms with van der Waals surface area (Å²) in [6, 6.07) is 6.64. The summed E-state index contributed by atoms with van der Waals surface area (Å²) in [7, 11) is -1.06. The van der Waals surface area contributed by atoms with Crippen LogP contribution in [0.3, 0.4) is 0 Å². The standard InChI is InChI=1S/C26H35N3O8Si/c1-25(2,3)38(5,6)37-22-21(35-4)23(29-12-11-17(31)28-24(29)34)36-26(22,14-30)13-27-18-19(32)15-9-7-8-10-16(15)20(18)33/h7-12,18,21-23,27,30H,13-14H2,1-6H3,(H,28,31,34)/t21-,22?,23+,26+/m0/s1. The first-order valence-corrected chi connectivity index (χ1v) is 15.4. The molecule has 12 heteroatoms. The molecule has 0 amide bonds. The largest absolute Gasteiger partial charge is 0.408 e. The lowest BCUT2D eigenvalue weighted by Crippen LogP contribution is -2.60. The SMILES string of the molecule is CO[C@H]1C(O[Si](C)(C)C(C)(C)C)[C@](CO)(CNC2C(=O)c3ccccc3C2=O)O[C@H]1n1ccc(=O)[nH]c1=O. The number of aromatic amines is 1. The van der Waals surface area contributed by atoms with Gasteiger partial charge in [-0.3, -0.25) is 29.3 Å². The van der Waals surface area contributed by atoms with Gasteiger partial charge < -0.3 is 19.0 Å². The molecule has 2 aromatic rings. The Bertz CT molecular complexity index is 1310. The molecule has 1 aromatic carbocycles. The number of methoxy groups -OCH3 is 1. The fourth-order valence-electron chi connectivity index (χ4n) is 4.70. The van der Waals surface area contributed by atoms with Crippen LogP contribution in [0, 0.1) is 0 Å². The minimum Gasteiger partial charge on any atom is -0.408 e. The molecular formula is C26H35N3O8Si. The number of Topliss-reactive ketones (excluding diaryl/α,β-unsaturated/α-hetero) is 2. The molecule has 2 aliphatic rings. The summed E-state index contributed by atoms with van der Waals surface area (Å²) in [5.74, 6) is -0.731. The number of aliphatic hydroxyl groups is 1. The first-order valence-electron chi connectivity index (χ1n) is 12.5. The molecule has 4 rings (SSSR count). The minimum absolute atomic E-state index is 0.145. The van der Waals surface area contributed by atoms with Gasteiger partial charge in [-0.15, -0.1) is 0 Å². The average Bonchev–Trinajstić information content (AvgIpc) is 3.28. The molecule has 1 fully saturated rings. The smallest absolute Gasteiger partial charge is 0.330 e. The van der Waals surface area contributed by atoms with Crippen LogP contribution >= 0.6 is 0 Å². The number of hydrogen-bond acceptors (Lipinski definition) is 9. The second-order valence-corrected chi connectivity index (χ2v) is 16.1. The van der Waals surface area contributed by atoms with Crippen molar-refractivity contribution in [3.8, 4) is 0 Å². The fraction of sp³-hybridized carbons (Fsp3) is 0.538. The van der Waals surface area contributed by atoms with Crippen molar-refractivity contribution in [3.63, 3.8) is 0 Å². The highest BCUT2D eigenvalue weighted by Gasteiger charge is 2.59. The number of aliphatic hydroxyl groups excluding tert-OH is 1. The van der Waals surface area contributed by atoms with Crippen molar-refractivity contribution in [1.29, 1.82) is 0 Å². The summed E-state index contributed by atoms with van der Waals surface area (Å²) in [6.07, 6.45) is -1.53. The Morgan fingerprint density at radius 3 is 2.21 bits per heavy atom. The van der Waals surface area contributed by atoms with E-state index in [9.17, 15) is 24.3 Å². The van der Waals surface area contributed by atoms with Gasteiger partial charge in [0.05, 0.1) is 6.61 Å². The Hall–Kier alpha value is -2.74. The van der Waals surface area contributed by atoms with Gasteiger partial charge in [0, 0.05) is 37.0 Å². The van der Waals surface area contributed by atoms with Gasteiger partial charge in [0.25, 0.3) is 5.56 Å². The van der Waals surface area contributed by atoms with Crippen LogP contribution in [0.5, 0.6) is 0 Å². The van der Waals surface area contributed by atoms with Crippen LogP contribution in [0.2, 0.25) is 18.1 Å². The van der Waals surface area contributed by atoms with Crippen molar-refractivity contribution < 1.29 is 28.6 Å². The highest BCUT2D eigenvalue weighted by Crippen LogP contribution is 2.45. The first kappa shape index (κ1) is 28.3. The molecule has 1 aliphatic heterocycles. The van der Waals surface area contributed by atoms with E-state index >= 15 is 0 Å². The average molecular weight is 546 g/mol. The maximum absolute atomic E-state index is 13.0. The molecule has 38 heavy (non-hydrogen) atoms. The van der Waals surface area contributed by atoms with Gasteiger partial charge in [-0.25, -0.2) is 4.79 Å². The number of H-pyrrole nitrogens is 1. The monoisotopic (exact) mass is 545 g/mol. The van der Waals surface area contributed by atoms with E-state index in [4.69, 9.17) is 13.9 Å². The third-order valence-electron chi connectivity index (χ3n) is 7.93. The molecule has 0 spiro atoms. The predicted molar refractivity (Wildman–Crippen MR) is 141 cm³/mol. The number of nitrogens with zero attached hydrogens (tertiary/aromatic N) is 1. The van der Waals surface area contributed by atoms with Gasteiger partial charge in [-0.2, -0.15) is 0 Å². The molecule has 0 radical (unpaired) electrons. The Morgan fingerprint density at radius 2 is 1.71 bits per heavy atom. The lowest BCUT2D eigenvalue weighted by atomic mass is 9.95. The van der Waals surface area contributed by atoms with Crippen LogP contribution in [-0.2, 0) is 13.9 Å². The number of benzene rings is 1. The van der Waals surface area contributed by atoms with Gasteiger partial charge >= 0.3 is 5.69 Å². The van der Waals surface area contributed by atoms with Crippen molar-refractivity contribution in [2.75, 3.05) is 20.3 Å². The molecule has 0 bridgehead atoms. The topological polar surface area (TPSA) is 149 Å². The Balaban J connectivity index is 1.73. The summed E-state index contributed by atoms with van der Waals surface area (Å²) in [5.41, 5.74) is -2.11. The quantitative estimate of drug-likeness (QED) is 0.329. The van der Waals surface area contributed by atoms with Gasteiger partial charge in [0.2, 0.25) is 0 Å². The number of carbonyl (C=O) groups excluding carboxylic acids is 2. The lowest BCUT2D eigenvalue weighted by Gasteiger charge is -2.43. The number of ether oxygens (including phenoxy) is 2. The molecular weight excluding hydrogens is 510 g/mol. The predicted octanol–water partition coefficient (Wildman–Crippen LogP) is 1.24. The van der Waals surface area contributed by atoms with Gasteiger partial charge in [-0.1, -0.05) is 45.0 Å². The summed E-state index contributed by atoms with van der Waals surface area (Å²) in [5, 5.41) is 13.5. The van der Waals surface area contributed by atoms with Crippen LogP contribution in [-0.4, -0.2) is 78.7 Å². The van der Waals surface area contributed by atoms with Crippen LogP contribution in [0.25, 0.3) is 0 Å². The number of aromatic nitrogens is 2. The highest BCUT2D eigenvalue weighted by atomic mass is 28.4. The zero-order valence-electron chi connectivity index (χ0n) is 22.4. The van der Waals surface area contributed by atoms with Gasteiger partial charge in [0.15, 0.2) is 26.1 Å². The second-order valence-electron chi connectivity index (χ2n) is 11.3. The summed E-state index contributed by atoms with van der Waals surface area (Å²) >= 11 is 0. The van der Waals surface area contributed by atoms with E-state index in [1.54, 1.807) is 24.3 Å². The fourth-order valence-corrected chi connectivity index (χ4v) is 6.04.